The molecule has 0 aromatic rings. The smallest absolute Gasteiger partial charge is 0.323 e. The van der Waals surface area contributed by atoms with Gasteiger partial charge >= 0.3 is 11.9 Å². The van der Waals surface area contributed by atoms with Crippen LogP contribution in [0.5, 0.6) is 0 Å². The predicted octanol–water partition coefficient (Wildman–Crippen LogP) is 2.17. The average molecular weight is 266 g/mol. The molecule has 3 saturated carbocycles. The van der Waals surface area contributed by atoms with Crippen LogP contribution in [0.3, 0.4) is 0 Å². The van der Waals surface area contributed by atoms with Crippen LogP contribution in [0.1, 0.15) is 38.5 Å². The van der Waals surface area contributed by atoms with Gasteiger partial charge in [-0.2, -0.15) is 0 Å². The summed E-state index contributed by atoms with van der Waals surface area (Å²) in [5, 5.41) is 0. The number of fused-ring (bicyclic) bond motifs is 5. The average Bonchev–Trinajstić information content (AvgIpc) is 3.03. The number of hydrogen-bond acceptors (Lipinski definition) is 4. The molecule has 4 unspecified atom stereocenters. The van der Waals surface area contributed by atoms with Crippen LogP contribution in [0.4, 0.5) is 0 Å². The van der Waals surface area contributed by atoms with Crippen molar-refractivity contribution in [3.05, 3.63) is 0 Å². The zero-order valence-electron chi connectivity index (χ0n) is 11.7. The molecule has 3 aliphatic rings. The van der Waals surface area contributed by atoms with Crippen LogP contribution in [0, 0.1) is 29.1 Å². The first-order valence-corrected chi connectivity index (χ1v) is 7.32. The lowest BCUT2D eigenvalue weighted by Crippen LogP contribution is -2.50. The molecule has 0 heterocycles. The number of ether oxygens (including phenoxy) is 2. The molecule has 0 saturated heterocycles. The van der Waals surface area contributed by atoms with Gasteiger partial charge in [0.1, 0.15) is 0 Å². The highest BCUT2D eigenvalue weighted by atomic mass is 16.5. The van der Waals surface area contributed by atoms with Crippen LogP contribution in [-0.4, -0.2) is 26.2 Å². The van der Waals surface area contributed by atoms with Crippen LogP contribution in [0.15, 0.2) is 0 Å². The number of carbonyl (C=O) groups excluding carboxylic acids is 2. The van der Waals surface area contributed by atoms with E-state index in [1.807, 2.05) is 0 Å². The first-order chi connectivity index (χ1) is 9.15. The molecule has 4 heteroatoms. The second-order valence-corrected chi connectivity index (χ2v) is 6.37. The highest BCUT2D eigenvalue weighted by molar-refractivity contribution is 6.01. The Labute approximate surface area is 113 Å². The molecule has 19 heavy (non-hydrogen) atoms. The summed E-state index contributed by atoms with van der Waals surface area (Å²) in [7, 11) is 2.74. The van der Waals surface area contributed by atoms with Crippen molar-refractivity contribution < 1.29 is 19.1 Å². The minimum absolute atomic E-state index is 0.141. The molecular weight excluding hydrogens is 244 g/mol. The van der Waals surface area contributed by atoms with Gasteiger partial charge in [0.2, 0.25) is 0 Å². The quantitative estimate of drug-likeness (QED) is 0.568. The van der Waals surface area contributed by atoms with Gasteiger partial charge in [-0.3, -0.25) is 9.59 Å². The molecule has 106 valence electrons. The van der Waals surface area contributed by atoms with Gasteiger partial charge in [-0.1, -0.05) is 12.8 Å². The van der Waals surface area contributed by atoms with Crippen LogP contribution in [0.2, 0.25) is 0 Å². The van der Waals surface area contributed by atoms with E-state index >= 15 is 0 Å². The molecule has 3 aliphatic carbocycles. The third kappa shape index (κ3) is 1.58. The topological polar surface area (TPSA) is 52.6 Å². The van der Waals surface area contributed by atoms with E-state index in [1.165, 1.54) is 33.5 Å². The van der Waals surface area contributed by atoms with Gasteiger partial charge in [-0.25, -0.2) is 0 Å². The standard InChI is InChI=1S/C15H22O4/c1-18-13(16)15(14(17)19-2)8-9-7-12(15)11-6-4-3-5-10(9)11/h9-12H,3-8H2,1-2H3. The molecule has 4 atom stereocenters. The molecule has 0 aliphatic heterocycles. The molecule has 3 fully saturated rings. The summed E-state index contributed by atoms with van der Waals surface area (Å²) in [6.45, 7) is 0. The summed E-state index contributed by atoms with van der Waals surface area (Å²) in [5.74, 6) is 1.13. The maximum absolute atomic E-state index is 12.3. The van der Waals surface area contributed by atoms with Gasteiger partial charge in [-0.05, 0) is 49.4 Å². The Morgan fingerprint density at radius 2 is 1.58 bits per heavy atom. The Morgan fingerprint density at radius 1 is 1.00 bits per heavy atom. The second-order valence-electron chi connectivity index (χ2n) is 6.37. The summed E-state index contributed by atoms with van der Waals surface area (Å²) >= 11 is 0. The molecule has 3 rings (SSSR count). The van der Waals surface area contributed by atoms with Gasteiger partial charge in [-0.15, -0.1) is 0 Å². The number of hydrogen-bond donors (Lipinski definition) is 0. The van der Waals surface area contributed by atoms with Crippen molar-refractivity contribution >= 4 is 11.9 Å². The zero-order chi connectivity index (χ0) is 13.6. The molecule has 0 amide bonds. The molecule has 2 bridgehead atoms. The Morgan fingerprint density at radius 3 is 2.16 bits per heavy atom. The lowest BCUT2D eigenvalue weighted by Gasteiger charge is -2.43. The largest absolute Gasteiger partial charge is 0.468 e. The van der Waals surface area contributed by atoms with E-state index in [2.05, 4.69) is 0 Å². The van der Waals surface area contributed by atoms with Crippen LogP contribution < -0.4 is 0 Å². The maximum Gasteiger partial charge on any atom is 0.323 e. The number of carbonyl (C=O) groups is 2. The second kappa shape index (κ2) is 4.50. The molecule has 0 aromatic heterocycles. The summed E-state index contributed by atoms with van der Waals surface area (Å²) in [4.78, 5) is 24.6. The first-order valence-electron chi connectivity index (χ1n) is 7.32. The van der Waals surface area contributed by atoms with Gasteiger partial charge in [0.15, 0.2) is 5.41 Å². The fourth-order valence-electron chi connectivity index (χ4n) is 5.23. The minimum Gasteiger partial charge on any atom is -0.468 e. The van der Waals surface area contributed by atoms with E-state index in [4.69, 9.17) is 9.47 Å². The van der Waals surface area contributed by atoms with E-state index in [9.17, 15) is 9.59 Å². The van der Waals surface area contributed by atoms with Crippen LogP contribution in [0.25, 0.3) is 0 Å². The van der Waals surface area contributed by atoms with Crippen molar-refractivity contribution in [3.63, 3.8) is 0 Å². The van der Waals surface area contributed by atoms with Crippen LogP contribution in [-0.2, 0) is 19.1 Å². The molecule has 4 nitrogen and oxygen atoms in total. The minimum atomic E-state index is -1.01. The number of rotatable bonds is 2. The first kappa shape index (κ1) is 12.9. The summed E-state index contributed by atoms with van der Waals surface area (Å²) in [6.07, 6.45) is 6.58. The monoisotopic (exact) mass is 266 g/mol. The highest BCUT2D eigenvalue weighted by Crippen LogP contribution is 2.65. The molecule has 0 radical (unpaired) electrons. The van der Waals surface area contributed by atoms with Gasteiger partial charge in [0, 0.05) is 0 Å². The van der Waals surface area contributed by atoms with Crippen LogP contribution >= 0.6 is 0 Å². The summed E-state index contributed by atoms with van der Waals surface area (Å²) in [5.41, 5.74) is -1.01. The Hall–Kier alpha value is -1.06. The summed E-state index contributed by atoms with van der Waals surface area (Å²) < 4.78 is 9.91. The van der Waals surface area contributed by atoms with E-state index in [0.29, 0.717) is 18.3 Å². The Bertz CT molecular complexity index is 387. The van der Waals surface area contributed by atoms with Crippen molar-refractivity contribution in [1.29, 1.82) is 0 Å². The lowest BCUT2D eigenvalue weighted by atomic mass is 9.61. The highest BCUT2D eigenvalue weighted by Gasteiger charge is 2.68. The van der Waals surface area contributed by atoms with Crippen molar-refractivity contribution in [2.45, 2.75) is 38.5 Å². The van der Waals surface area contributed by atoms with E-state index in [-0.39, 0.29) is 17.9 Å². The third-order valence-corrected chi connectivity index (χ3v) is 5.87. The van der Waals surface area contributed by atoms with Gasteiger partial charge in [0.25, 0.3) is 0 Å². The predicted molar refractivity (Wildman–Crippen MR) is 68.1 cm³/mol. The summed E-state index contributed by atoms with van der Waals surface area (Å²) in [6, 6.07) is 0. The number of esters is 2. The Kier molecular flexibility index (Phi) is 3.06. The maximum atomic E-state index is 12.3. The van der Waals surface area contributed by atoms with Crippen molar-refractivity contribution in [1.82, 2.24) is 0 Å². The SMILES string of the molecule is COC(=O)C1(C(=O)OC)CC2CC1C1CCCCC21. The molecule has 0 aromatic carbocycles. The zero-order valence-corrected chi connectivity index (χ0v) is 11.7. The van der Waals surface area contributed by atoms with E-state index in [0.717, 1.165) is 18.8 Å². The molecule has 0 spiro atoms. The third-order valence-electron chi connectivity index (χ3n) is 5.87. The van der Waals surface area contributed by atoms with Crippen molar-refractivity contribution in [2.24, 2.45) is 29.1 Å². The number of methoxy groups -OCH3 is 2. The fourth-order valence-corrected chi connectivity index (χ4v) is 5.23. The van der Waals surface area contributed by atoms with Gasteiger partial charge in [0.05, 0.1) is 14.2 Å². The van der Waals surface area contributed by atoms with Crippen molar-refractivity contribution in [2.75, 3.05) is 14.2 Å². The van der Waals surface area contributed by atoms with Gasteiger partial charge < -0.3 is 9.47 Å². The molecule has 0 N–H and O–H groups in total. The van der Waals surface area contributed by atoms with Crippen molar-refractivity contribution in [3.8, 4) is 0 Å². The normalized spacial score (nSPS) is 38.6. The lowest BCUT2D eigenvalue weighted by molar-refractivity contribution is -0.177. The van der Waals surface area contributed by atoms with E-state index < -0.39 is 5.41 Å². The fraction of sp³-hybridized carbons (Fsp3) is 0.867. The molecular formula is C15H22O4. The Balaban J connectivity index is 1.95. The van der Waals surface area contributed by atoms with E-state index in [1.54, 1.807) is 0 Å².